The standard InChI is InChI=1S/C28H44N10O5.2ClH/c29-28(30)37-10-1-2-19(17-37)15-34-24(40)14-22(35-25(41)18-36-11-5-21(39)6-12-36)27(43)38(20-3-4-20)13-9-33-26(42)23-16-31-7-8-32-23;;/h7-8,16,19-22,39H,1-6,9-15,17-18H2,(H3,29,30)(H,33,42)(H,34,40)(H,35,41);2*1H/t19-,22-;;/m0../s1. The van der Waals surface area contributed by atoms with Gasteiger partial charge in [-0.15, -0.1) is 24.8 Å². The molecule has 7 N–H and O–H groups in total. The molecule has 0 spiro atoms. The lowest BCUT2D eigenvalue weighted by molar-refractivity contribution is -0.139. The molecule has 2 aliphatic heterocycles. The van der Waals surface area contributed by atoms with E-state index in [1.54, 1.807) is 9.80 Å². The van der Waals surface area contributed by atoms with Gasteiger partial charge >= 0.3 is 0 Å². The highest BCUT2D eigenvalue weighted by atomic mass is 35.5. The fourth-order valence-electron chi connectivity index (χ4n) is 5.54. The van der Waals surface area contributed by atoms with Crippen molar-refractivity contribution < 1.29 is 24.3 Å². The number of nitrogens with zero attached hydrogens (tertiary/aromatic N) is 5. The first-order valence-electron chi connectivity index (χ1n) is 15.1. The van der Waals surface area contributed by atoms with Crippen LogP contribution in [-0.2, 0) is 14.4 Å². The van der Waals surface area contributed by atoms with Crippen molar-refractivity contribution in [3.63, 3.8) is 0 Å². The second-order valence-electron chi connectivity index (χ2n) is 11.6. The molecule has 1 saturated carbocycles. The normalized spacial score (nSPS) is 19.2. The van der Waals surface area contributed by atoms with E-state index in [2.05, 4.69) is 25.9 Å². The van der Waals surface area contributed by atoms with Crippen LogP contribution in [0.2, 0.25) is 0 Å². The van der Waals surface area contributed by atoms with Crippen molar-refractivity contribution in [2.24, 2.45) is 11.7 Å². The molecular formula is C28H46Cl2N10O5. The number of piperidine rings is 2. The summed E-state index contributed by atoms with van der Waals surface area (Å²) in [4.78, 5) is 65.5. The average molecular weight is 674 g/mol. The maximum Gasteiger partial charge on any atom is 0.271 e. The topological polar surface area (TPSA) is 210 Å². The molecule has 3 heterocycles. The number of halogens is 2. The van der Waals surface area contributed by atoms with Crippen molar-refractivity contribution in [1.29, 1.82) is 5.41 Å². The molecule has 4 rings (SSSR count). The van der Waals surface area contributed by atoms with Crippen molar-refractivity contribution in [3.05, 3.63) is 24.3 Å². The molecule has 17 heteroatoms. The molecule has 0 aromatic carbocycles. The van der Waals surface area contributed by atoms with Crippen molar-refractivity contribution in [3.8, 4) is 0 Å². The molecule has 252 valence electrons. The predicted octanol–water partition coefficient (Wildman–Crippen LogP) is -0.906. The van der Waals surface area contributed by atoms with Crippen LogP contribution < -0.4 is 21.7 Å². The Kier molecular flexibility index (Phi) is 15.7. The maximum absolute atomic E-state index is 13.8. The second-order valence-corrected chi connectivity index (χ2v) is 11.6. The Bertz CT molecular complexity index is 1140. The first-order valence-corrected chi connectivity index (χ1v) is 15.1. The molecule has 0 radical (unpaired) electrons. The highest BCUT2D eigenvalue weighted by Crippen LogP contribution is 2.27. The molecule has 3 fully saturated rings. The van der Waals surface area contributed by atoms with Gasteiger partial charge in [-0.25, -0.2) is 4.98 Å². The lowest BCUT2D eigenvalue weighted by Gasteiger charge is -2.33. The van der Waals surface area contributed by atoms with Gasteiger partial charge in [-0.05, 0) is 44.4 Å². The molecule has 1 aromatic heterocycles. The predicted molar refractivity (Wildman–Crippen MR) is 171 cm³/mol. The summed E-state index contributed by atoms with van der Waals surface area (Å²) in [5, 5.41) is 25.9. The van der Waals surface area contributed by atoms with Gasteiger partial charge in [0.1, 0.15) is 11.7 Å². The number of likely N-dealkylation sites (tertiary alicyclic amines) is 2. The van der Waals surface area contributed by atoms with Crippen LogP contribution in [0.15, 0.2) is 18.6 Å². The number of amides is 4. The van der Waals surface area contributed by atoms with Crippen LogP contribution in [0.1, 0.15) is 55.4 Å². The van der Waals surface area contributed by atoms with E-state index < -0.39 is 11.9 Å². The molecule has 1 aromatic rings. The van der Waals surface area contributed by atoms with Crippen LogP contribution in [0.3, 0.4) is 0 Å². The molecule has 15 nitrogen and oxygen atoms in total. The summed E-state index contributed by atoms with van der Waals surface area (Å²) >= 11 is 0. The molecule has 45 heavy (non-hydrogen) atoms. The summed E-state index contributed by atoms with van der Waals surface area (Å²) in [6.45, 7) is 3.29. The molecule has 1 aliphatic carbocycles. The van der Waals surface area contributed by atoms with Gasteiger partial charge in [0.25, 0.3) is 5.91 Å². The van der Waals surface area contributed by atoms with Gasteiger partial charge in [-0.1, -0.05) is 0 Å². The van der Waals surface area contributed by atoms with Crippen molar-refractivity contribution >= 4 is 54.4 Å². The minimum atomic E-state index is -1.07. The first kappa shape index (κ1) is 37.9. The molecule has 0 unspecified atom stereocenters. The Morgan fingerprint density at radius 1 is 1.04 bits per heavy atom. The van der Waals surface area contributed by atoms with Crippen molar-refractivity contribution in [2.75, 3.05) is 52.4 Å². The van der Waals surface area contributed by atoms with Crippen molar-refractivity contribution in [1.82, 2.24) is 40.6 Å². The number of aliphatic hydroxyl groups is 1. The summed E-state index contributed by atoms with van der Waals surface area (Å²) in [7, 11) is 0. The number of carbonyl (C=O) groups excluding carboxylic acids is 4. The number of aromatic nitrogens is 2. The third kappa shape index (κ3) is 12.2. The Morgan fingerprint density at radius 2 is 1.78 bits per heavy atom. The fraction of sp³-hybridized carbons (Fsp3) is 0.679. The number of nitrogens with two attached hydrogens (primary N) is 1. The van der Waals surface area contributed by atoms with E-state index in [0.717, 1.165) is 25.7 Å². The SMILES string of the molecule is Cl.Cl.N=C(N)N1CCC[C@@H](CNC(=O)C[C@H](NC(=O)CN2CCC(O)CC2)C(=O)N(CCNC(=O)c2cnccn2)C2CC2)C1. The second kappa shape index (κ2) is 18.6. The Morgan fingerprint density at radius 3 is 2.42 bits per heavy atom. The largest absolute Gasteiger partial charge is 0.393 e. The minimum absolute atomic E-state index is 0. The van der Waals surface area contributed by atoms with Gasteiger partial charge in [0.2, 0.25) is 17.7 Å². The Balaban J connectivity index is 0.00000353. The molecule has 2 saturated heterocycles. The van der Waals surface area contributed by atoms with Crippen LogP contribution in [-0.4, -0.2) is 130 Å². The summed E-state index contributed by atoms with van der Waals surface area (Å²) in [6.07, 6.45) is 8.20. The molecular weight excluding hydrogens is 627 g/mol. The van der Waals surface area contributed by atoms with E-state index in [-0.39, 0.29) is 98.3 Å². The van der Waals surface area contributed by atoms with Gasteiger partial charge in [0.15, 0.2) is 5.96 Å². The van der Waals surface area contributed by atoms with E-state index in [1.807, 2.05) is 4.90 Å². The zero-order chi connectivity index (χ0) is 30.8. The molecule has 3 aliphatic rings. The lowest BCUT2D eigenvalue weighted by atomic mass is 9.98. The van der Waals surface area contributed by atoms with Gasteiger partial charge < -0.3 is 36.6 Å². The Labute approximate surface area is 275 Å². The summed E-state index contributed by atoms with van der Waals surface area (Å²) in [5.74, 6) is -1.35. The summed E-state index contributed by atoms with van der Waals surface area (Å²) in [5.41, 5.74) is 5.81. The van der Waals surface area contributed by atoms with Gasteiger partial charge in [-0.2, -0.15) is 0 Å². The van der Waals surface area contributed by atoms with Crippen LogP contribution >= 0.6 is 24.8 Å². The molecule has 2 atom stereocenters. The molecule has 4 amide bonds. The third-order valence-electron chi connectivity index (χ3n) is 8.10. The number of nitrogens with one attached hydrogen (secondary N) is 4. The minimum Gasteiger partial charge on any atom is -0.393 e. The number of aliphatic hydroxyl groups excluding tert-OH is 1. The first-order chi connectivity index (χ1) is 20.7. The quantitative estimate of drug-likeness (QED) is 0.112. The van der Waals surface area contributed by atoms with Crippen molar-refractivity contribution in [2.45, 2.75) is 63.1 Å². The average Bonchev–Trinajstić information content (AvgIpc) is 3.85. The lowest BCUT2D eigenvalue weighted by Crippen LogP contribution is -2.54. The van der Waals surface area contributed by atoms with E-state index >= 15 is 0 Å². The van der Waals surface area contributed by atoms with Gasteiger partial charge in [0.05, 0.1) is 25.3 Å². The number of guanidine groups is 1. The summed E-state index contributed by atoms with van der Waals surface area (Å²) < 4.78 is 0. The zero-order valence-corrected chi connectivity index (χ0v) is 27.0. The van der Waals surface area contributed by atoms with Crippen LogP contribution in [0.5, 0.6) is 0 Å². The Hall–Kier alpha value is -3.27. The van der Waals surface area contributed by atoms with E-state index in [0.29, 0.717) is 45.6 Å². The van der Waals surface area contributed by atoms with Gasteiger partial charge in [-0.3, -0.25) is 34.5 Å². The summed E-state index contributed by atoms with van der Waals surface area (Å²) in [6, 6.07) is -1.09. The van der Waals surface area contributed by atoms with Gasteiger partial charge in [0, 0.05) is 64.2 Å². The molecule has 0 bridgehead atoms. The smallest absolute Gasteiger partial charge is 0.271 e. The van der Waals surface area contributed by atoms with E-state index in [4.69, 9.17) is 11.1 Å². The zero-order valence-electron chi connectivity index (χ0n) is 25.4. The number of carbonyl (C=O) groups is 4. The van der Waals surface area contributed by atoms with E-state index in [9.17, 15) is 24.3 Å². The van der Waals surface area contributed by atoms with E-state index in [1.165, 1.54) is 18.6 Å². The monoisotopic (exact) mass is 672 g/mol. The maximum atomic E-state index is 13.8. The number of hydrogen-bond donors (Lipinski definition) is 6. The van der Waals surface area contributed by atoms with Crippen LogP contribution in [0, 0.1) is 11.3 Å². The third-order valence-corrected chi connectivity index (χ3v) is 8.10. The van der Waals surface area contributed by atoms with Crippen LogP contribution in [0.25, 0.3) is 0 Å². The number of rotatable bonds is 13. The fourth-order valence-corrected chi connectivity index (χ4v) is 5.54. The highest BCUT2D eigenvalue weighted by molar-refractivity contribution is 5.93. The highest BCUT2D eigenvalue weighted by Gasteiger charge is 2.37. The number of hydrogen-bond acceptors (Lipinski definition) is 9. The van der Waals surface area contributed by atoms with Crippen LogP contribution in [0.4, 0.5) is 0 Å².